The van der Waals surface area contributed by atoms with Gasteiger partial charge in [-0.15, -0.1) is 15.3 Å². The number of ether oxygens (including phenoxy) is 1. The molecule has 2 heterocycles. The molecule has 34 heavy (non-hydrogen) atoms. The third-order valence-electron chi connectivity index (χ3n) is 5.41. The van der Waals surface area contributed by atoms with Crippen LogP contribution >= 0.6 is 11.8 Å². The van der Waals surface area contributed by atoms with Gasteiger partial charge in [-0.25, -0.2) is 0 Å². The lowest BCUT2D eigenvalue weighted by Crippen LogP contribution is -2.06. The number of methoxy groups -OCH3 is 1. The lowest BCUT2D eigenvalue weighted by Gasteiger charge is -2.14. The van der Waals surface area contributed by atoms with E-state index >= 15 is 0 Å². The molecule has 1 unspecified atom stereocenters. The van der Waals surface area contributed by atoms with Crippen molar-refractivity contribution in [3.8, 4) is 28.5 Å². The van der Waals surface area contributed by atoms with Crippen LogP contribution in [0.15, 0.2) is 84.0 Å². The molecule has 3 aromatic carbocycles. The van der Waals surface area contributed by atoms with Gasteiger partial charge in [-0.3, -0.25) is 4.57 Å². The summed E-state index contributed by atoms with van der Waals surface area (Å²) in [7, 11) is 1.66. The van der Waals surface area contributed by atoms with Crippen molar-refractivity contribution in [3.05, 3.63) is 90.3 Å². The molecule has 0 bridgehead atoms. The average molecular weight is 470 g/mol. The zero-order valence-electron chi connectivity index (χ0n) is 19.0. The first-order valence-electron chi connectivity index (χ1n) is 10.8. The highest BCUT2D eigenvalue weighted by molar-refractivity contribution is 7.99. The summed E-state index contributed by atoms with van der Waals surface area (Å²) in [6.45, 7) is 4.14. The fourth-order valence-electron chi connectivity index (χ4n) is 3.61. The minimum absolute atomic E-state index is 0.0766. The maximum absolute atomic E-state index is 5.31. The molecule has 8 nitrogen and oxygen atoms in total. The van der Waals surface area contributed by atoms with Crippen LogP contribution in [0.2, 0.25) is 0 Å². The normalized spacial score (nSPS) is 12.0. The predicted molar refractivity (Wildman–Crippen MR) is 132 cm³/mol. The number of hydrogen-bond acceptors (Lipinski definition) is 7. The standard InChI is InChI=1S/C25H23N7OS/c1-17-9-13-20(14-10-17)31-24(19-11-15-22(33-3)16-12-19)26-28-25(31)34-18(2)23-27-29-30-32(23)21-7-5-4-6-8-21/h4-16,18H,1-3H3. The van der Waals surface area contributed by atoms with Crippen molar-refractivity contribution < 1.29 is 4.74 Å². The molecule has 9 heteroatoms. The lowest BCUT2D eigenvalue weighted by atomic mass is 10.2. The van der Waals surface area contributed by atoms with E-state index in [1.807, 2.05) is 54.6 Å². The topological polar surface area (TPSA) is 83.5 Å². The van der Waals surface area contributed by atoms with E-state index in [9.17, 15) is 0 Å². The summed E-state index contributed by atoms with van der Waals surface area (Å²) in [5.41, 5.74) is 4.03. The summed E-state index contributed by atoms with van der Waals surface area (Å²) in [4.78, 5) is 0. The molecular formula is C25H23N7OS. The Balaban J connectivity index is 1.54. The second-order valence-corrected chi connectivity index (χ2v) is 9.06. The molecule has 2 aromatic heterocycles. The highest BCUT2D eigenvalue weighted by Gasteiger charge is 2.23. The van der Waals surface area contributed by atoms with E-state index in [0.717, 1.165) is 39.5 Å². The van der Waals surface area contributed by atoms with Crippen molar-refractivity contribution in [3.63, 3.8) is 0 Å². The Morgan fingerprint density at radius 1 is 0.824 bits per heavy atom. The molecule has 1 atom stereocenters. The van der Waals surface area contributed by atoms with Gasteiger partial charge in [-0.05, 0) is 72.8 Å². The van der Waals surface area contributed by atoms with E-state index in [1.165, 1.54) is 5.56 Å². The molecule has 5 rings (SSSR count). The van der Waals surface area contributed by atoms with Crippen LogP contribution < -0.4 is 4.74 Å². The van der Waals surface area contributed by atoms with Gasteiger partial charge in [0.1, 0.15) is 5.75 Å². The number of thioether (sulfide) groups is 1. The van der Waals surface area contributed by atoms with Crippen molar-refractivity contribution >= 4 is 11.8 Å². The van der Waals surface area contributed by atoms with Gasteiger partial charge in [0.2, 0.25) is 0 Å². The Labute approximate surface area is 201 Å². The minimum Gasteiger partial charge on any atom is -0.497 e. The second kappa shape index (κ2) is 9.48. The summed E-state index contributed by atoms with van der Waals surface area (Å²) >= 11 is 1.56. The predicted octanol–water partition coefficient (Wildman–Crippen LogP) is 5.08. The summed E-state index contributed by atoms with van der Waals surface area (Å²) in [5, 5.41) is 22.2. The van der Waals surface area contributed by atoms with E-state index in [4.69, 9.17) is 4.74 Å². The van der Waals surface area contributed by atoms with Crippen molar-refractivity contribution in [2.45, 2.75) is 24.3 Å². The van der Waals surface area contributed by atoms with Crippen LogP contribution in [0.25, 0.3) is 22.8 Å². The second-order valence-electron chi connectivity index (χ2n) is 7.75. The number of nitrogens with zero attached hydrogens (tertiary/aromatic N) is 7. The molecule has 0 radical (unpaired) electrons. The molecule has 0 saturated carbocycles. The van der Waals surface area contributed by atoms with Crippen LogP contribution in [0, 0.1) is 6.92 Å². The third-order valence-corrected chi connectivity index (χ3v) is 6.45. The molecule has 0 amide bonds. The highest BCUT2D eigenvalue weighted by atomic mass is 32.2. The van der Waals surface area contributed by atoms with Crippen LogP contribution in [0.5, 0.6) is 5.75 Å². The lowest BCUT2D eigenvalue weighted by molar-refractivity contribution is 0.415. The van der Waals surface area contributed by atoms with Crippen LogP contribution in [0.4, 0.5) is 0 Å². The zero-order chi connectivity index (χ0) is 23.5. The van der Waals surface area contributed by atoms with Gasteiger partial charge in [-0.1, -0.05) is 47.7 Å². The maximum Gasteiger partial charge on any atom is 0.196 e. The molecule has 0 aliphatic heterocycles. The van der Waals surface area contributed by atoms with Gasteiger partial charge in [0.05, 0.1) is 18.0 Å². The maximum atomic E-state index is 5.31. The Hall–Kier alpha value is -3.98. The number of aryl methyl sites for hydroxylation is 1. The van der Waals surface area contributed by atoms with E-state index in [2.05, 4.69) is 68.4 Å². The fourth-order valence-corrected chi connectivity index (χ4v) is 4.57. The van der Waals surface area contributed by atoms with E-state index in [-0.39, 0.29) is 5.25 Å². The molecule has 0 aliphatic carbocycles. The molecule has 0 spiro atoms. The number of benzene rings is 3. The molecule has 0 N–H and O–H groups in total. The van der Waals surface area contributed by atoms with Gasteiger partial charge >= 0.3 is 0 Å². The molecule has 0 fully saturated rings. The summed E-state index contributed by atoms with van der Waals surface area (Å²) in [6, 6.07) is 26.0. The number of tetrazole rings is 1. The quantitative estimate of drug-likeness (QED) is 0.307. The summed E-state index contributed by atoms with van der Waals surface area (Å²) in [5.74, 6) is 2.28. The Morgan fingerprint density at radius 2 is 1.56 bits per heavy atom. The summed E-state index contributed by atoms with van der Waals surface area (Å²) in [6.07, 6.45) is 0. The van der Waals surface area contributed by atoms with Crippen molar-refractivity contribution in [2.75, 3.05) is 7.11 Å². The zero-order valence-corrected chi connectivity index (χ0v) is 19.8. The Morgan fingerprint density at radius 3 is 2.26 bits per heavy atom. The van der Waals surface area contributed by atoms with Gasteiger partial charge in [0.25, 0.3) is 0 Å². The summed E-state index contributed by atoms with van der Waals surface area (Å²) < 4.78 is 9.14. The van der Waals surface area contributed by atoms with E-state index in [0.29, 0.717) is 0 Å². The van der Waals surface area contributed by atoms with Gasteiger partial charge < -0.3 is 4.74 Å². The van der Waals surface area contributed by atoms with E-state index < -0.39 is 0 Å². The van der Waals surface area contributed by atoms with Gasteiger partial charge in [0, 0.05) is 11.3 Å². The number of para-hydroxylation sites is 1. The van der Waals surface area contributed by atoms with Crippen LogP contribution in [0.3, 0.4) is 0 Å². The first-order valence-corrected chi connectivity index (χ1v) is 11.7. The Kier molecular flexibility index (Phi) is 6.09. The largest absolute Gasteiger partial charge is 0.497 e. The smallest absolute Gasteiger partial charge is 0.196 e. The first-order chi connectivity index (χ1) is 16.6. The van der Waals surface area contributed by atoms with E-state index in [1.54, 1.807) is 23.6 Å². The Bertz CT molecular complexity index is 1380. The van der Waals surface area contributed by atoms with Crippen molar-refractivity contribution in [1.82, 2.24) is 35.0 Å². The van der Waals surface area contributed by atoms with Crippen LogP contribution in [-0.2, 0) is 0 Å². The van der Waals surface area contributed by atoms with Gasteiger partial charge in [0.15, 0.2) is 16.8 Å². The van der Waals surface area contributed by atoms with Crippen molar-refractivity contribution in [1.29, 1.82) is 0 Å². The third kappa shape index (κ3) is 4.29. The molecule has 0 saturated heterocycles. The molecule has 170 valence electrons. The molecule has 0 aliphatic rings. The number of rotatable bonds is 7. The first kappa shape index (κ1) is 21.8. The van der Waals surface area contributed by atoms with Crippen molar-refractivity contribution in [2.24, 2.45) is 0 Å². The van der Waals surface area contributed by atoms with Crippen LogP contribution in [-0.4, -0.2) is 42.1 Å². The average Bonchev–Trinajstić information content (AvgIpc) is 3.53. The monoisotopic (exact) mass is 469 g/mol. The highest BCUT2D eigenvalue weighted by Crippen LogP contribution is 2.36. The fraction of sp³-hybridized carbons (Fsp3) is 0.160. The molecular weight excluding hydrogens is 446 g/mol. The SMILES string of the molecule is COc1ccc(-c2nnc(SC(C)c3nnnn3-c3ccccc3)n2-c2ccc(C)cc2)cc1. The molecule has 5 aromatic rings. The van der Waals surface area contributed by atoms with Gasteiger partial charge in [-0.2, -0.15) is 4.68 Å². The van der Waals surface area contributed by atoms with Crippen LogP contribution in [0.1, 0.15) is 23.6 Å². The number of aromatic nitrogens is 7. The minimum atomic E-state index is -0.0766. The number of hydrogen-bond donors (Lipinski definition) is 0.